The number of nitrogens with zero attached hydrogens (tertiary/aromatic N) is 3. The number of hydrogen-bond donors (Lipinski definition) is 1. The zero-order valence-corrected chi connectivity index (χ0v) is 16.0. The second-order valence-electron chi connectivity index (χ2n) is 5.97. The molecule has 140 valence electrons. The van der Waals surface area contributed by atoms with E-state index in [1.54, 1.807) is 12.4 Å². The Bertz CT molecular complexity index is 661. The number of pyridine rings is 1. The van der Waals surface area contributed by atoms with Gasteiger partial charge in [0.05, 0.1) is 12.3 Å². The highest BCUT2D eigenvalue weighted by molar-refractivity contribution is 6.30. The van der Waals surface area contributed by atoms with Crippen molar-refractivity contribution in [1.82, 2.24) is 9.88 Å². The number of unbranched alkanes of at least 4 members (excludes halogenated alkanes) is 3. The lowest BCUT2D eigenvalue weighted by Gasteiger charge is -2.21. The first kappa shape index (κ1) is 20.0. The first-order valence-electron chi connectivity index (χ1n) is 9.06. The Hall–Kier alpha value is -2.27. The molecule has 0 bridgehead atoms. The van der Waals surface area contributed by atoms with Crippen LogP contribution in [0.4, 0.5) is 5.69 Å². The number of nitrogens with two attached hydrogens (primary N) is 1. The van der Waals surface area contributed by atoms with Gasteiger partial charge in [-0.05, 0) is 56.2 Å². The Morgan fingerprint density at radius 1 is 1.08 bits per heavy atom. The number of guanidine groups is 1. The molecule has 0 aliphatic heterocycles. The lowest BCUT2D eigenvalue weighted by molar-refractivity contribution is 0.303. The van der Waals surface area contributed by atoms with E-state index in [4.69, 9.17) is 22.1 Å². The lowest BCUT2D eigenvalue weighted by Crippen LogP contribution is -2.37. The third-order valence-corrected chi connectivity index (χ3v) is 4.27. The van der Waals surface area contributed by atoms with Crippen LogP contribution in [0.5, 0.6) is 5.75 Å². The molecule has 5 nitrogen and oxygen atoms in total. The van der Waals surface area contributed by atoms with Gasteiger partial charge in [0.25, 0.3) is 0 Å². The fraction of sp³-hybridized carbons (Fsp3) is 0.400. The molecule has 0 atom stereocenters. The Kier molecular flexibility index (Phi) is 8.76. The number of halogens is 1. The van der Waals surface area contributed by atoms with Crippen LogP contribution in [0.25, 0.3) is 0 Å². The van der Waals surface area contributed by atoms with Crippen molar-refractivity contribution in [2.24, 2.45) is 10.7 Å². The van der Waals surface area contributed by atoms with Crippen LogP contribution in [0.3, 0.4) is 0 Å². The van der Waals surface area contributed by atoms with Crippen molar-refractivity contribution in [3.8, 4) is 5.75 Å². The van der Waals surface area contributed by atoms with Gasteiger partial charge < -0.3 is 15.4 Å². The minimum absolute atomic E-state index is 0.560. The molecular weight excluding hydrogens is 348 g/mol. The van der Waals surface area contributed by atoms with Crippen LogP contribution < -0.4 is 10.5 Å². The fourth-order valence-corrected chi connectivity index (χ4v) is 2.66. The molecule has 1 aromatic carbocycles. The second-order valence-corrected chi connectivity index (χ2v) is 6.41. The number of benzene rings is 1. The van der Waals surface area contributed by atoms with Crippen molar-refractivity contribution >= 4 is 23.2 Å². The van der Waals surface area contributed by atoms with Gasteiger partial charge in [-0.2, -0.15) is 0 Å². The van der Waals surface area contributed by atoms with Gasteiger partial charge in [-0.15, -0.1) is 0 Å². The molecule has 0 fully saturated rings. The zero-order valence-electron chi connectivity index (χ0n) is 15.3. The highest BCUT2D eigenvalue weighted by atomic mass is 35.5. The Balaban J connectivity index is 1.61. The summed E-state index contributed by atoms with van der Waals surface area (Å²) in [5.74, 6) is 1.43. The molecule has 0 saturated carbocycles. The van der Waals surface area contributed by atoms with E-state index in [1.165, 1.54) is 0 Å². The molecule has 0 spiro atoms. The minimum atomic E-state index is 0.560. The second kappa shape index (κ2) is 11.4. The van der Waals surface area contributed by atoms with Crippen LogP contribution in [0.15, 0.2) is 53.8 Å². The van der Waals surface area contributed by atoms with Crippen LogP contribution in [-0.2, 0) is 0 Å². The molecule has 2 N–H and O–H groups in total. The largest absolute Gasteiger partial charge is 0.494 e. The molecule has 0 aliphatic carbocycles. The van der Waals surface area contributed by atoms with Gasteiger partial charge in [0.2, 0.25) is 0 Å². The predicted octanol–water partition coefficient (Wildman–Crippen LogP) is 4.64. The highest BCUT2D eigenvalue weighted by Crippen LogP contribution is 2.16. The van der Waals surface area contributed by atoms with Crippen LogP contribution in [0.2, 0.25) is 5.02 Å². The van der Waals surface area contributed by atoms with Crippen LogP contribution in [0, 0.1) is 0 Å². The van der Waals surface area contributed by atoms with E-state index in [0.717, 1.165) is 61.8 Å². The van der Waals surface area contributed by atoms with Gasteiger partial charge in [-0.3, -0.25) is 4.98 Å². The number of ether oxygens (including phenoxy) is 1. The molecule has 26 heavy (non-hydrogen) atoms. The number of aliphatic imine (C=N–C) groups is 1. The Morgan fingerprint density at radius 3 is 2.46 bits per heavy atom. The standard InChI is InChI=1S/C20H27ClN4O/c1-2-25(20(22)24-18-11-13-23-14-12-18)15-5-3-4-6-16-26-19-9-7-17(21)8-10-19/h7-14H,2-6,15-16H2,1H3,(H2,22,23,24). The Morgan fingerprint density at radius 2 is 1.77 bits per heavy atom. The lowest BCUT2D eigenvalue weighted by atomic mass is 10.2. The van der Waals surface area contributed by atoms with Crippen LogP contribution in [0.1, 0.15) is 32.6 Å². The van der Waals surface area contributed by atoms with Crippen molar-refractivity contribution in [1.29, 1.82) is 0 Å². The number of rotatable bonds is 10. The first-order valence-corrected chi connectivity index (χ1v) is 9.44. The maximum atomic E-state index is 6.12. The van der Waals surface area contributed by atoms with Crippen LogP contribution >= 0.6 is 11.6 Å². The summed E-state index contributed by atoms with van der Waals surface area (Å²) in [6.45, 7) is 4.58. The molecule has 0 radical (unpaired) electrons. The van der Waals surface area contributed by atoms with Gasteiger partial charge in [0, 0.05) is 30.5 Å². The topological polar surface area (TPSA) is 63.7 Å². The average Bonchev–Trinajstić information content (AvgIpc) is 2.66. The van der Waals surface area contributed by atoms with E-state index < -0.39 is 0 Å². The SMILES string of the molecule is CCN(CCCCCCOc1ccc(Cl)cc1)C(N)=Nc1ccncc1. The number of hydrogen-bond acceptors (Lipinski definition) is 3. The minimum Gasteiger partial charge on any atom is -0.494 e. The zero-order chi connectivity index (χ0) is 18.6. The molecule has 6 heteroatoms. The molecule has 0 saturated heterocycles. The van der Waals surface area contributed by atoms with Gasteiger partial charge in [-0.25, -0.2) is 4.99 Å². The molecule has 1 aromatic heterocycles. The quantitative estimate of drug-likeness (QED) is 0.373. The highest BCUT2D eigenvalue weighted by Gasteiger charge is 2.05. The van der Waals surface area contributed by atoms with E-state index in [0.29, 0.717) is 5.96 Å². The molecule has 0 amide bonds. The summed E-state index contributed by atoms with van der Waals surface area (Å²) in [6, 6.07) is 11.2. The summed E-state index contributed by atoms with van der Waals surface area (Å²) in [6.07, 6.45) is 7.83. The molecule has 2 rings (SSSR count). The third-order valence-electron chi connectivity index (χ3n) is 4.02. The van der Waals surface area contributed by atoms with Crippen molar-refractivity contribution in [3.63, 3.8) is 0 Å². The molecule has 2 aromatic rings. The summed E-state index contributed by atoms with van der Waals surface area (Å²) >= 11 is 5.86. The van der Waals surface area contributed by atoms with E-state index in [-0.39, 0.29) is 0 Å². The molecule has 0 unspecified atom stereocenters. The summed E-state index contributed by atoms with van der Waals surface area (Å²) in [5.41, 5.74) is 6.95. The van der Waals surface area contributed by atoms with Crippen molar-refractivity contribution < 1.29 is 4.74 Å². The Labute approximate surface area is 160 Å². The van der Waals surface area contributed by atoms with E-state index in [9.17, 15) is 0 Å². The summed E-state index contributed by atoms with van der Waals surface area (Å²) < 4.78 is 5.70. The number of aromatic nitrogens is 1. The predicted molar refractivity (Wildman–Crippen MR) is 108 cm³/mol. The first-order chi connectivity index (χ1) is 12.7. The third kappa shape index (κ3) is 7.31. The molecule has 1 heterocycles. The normalized spacial score (nSPS) is 11.4. The smallest absolute Gasteiger partial charge is 0.196 e. The van der Waals surface area contributed by atoms with Crippen molar-refractivity contribution in [2.75, 3.05) is 19.7 Å². The monoisotopic (exact) mass is 374 g/mol. The van der Waals surface area contributed by atoms with Crippen molar-refractivity contribution in [3.05, 3.63) is 53.8 Å². The fourth-order valence-electron chi connectivity index (χ4n) is 2.54. The van der Waals surface area contributed by atoms with E-state index in [1.807, 2.05) is 36.4 Å². The van der Waals surface area contributed by atoms with Gasteiger partial charge in [-0.1, -0.05) is 24.4 Å². The molecular formula is C20H27ClN4O. The van der Waals surface area contributed by atoms with E-state index >= 15 is 0 Å². The van der Waals surface area contributed by atoms with Gasteiger partial charge in [0.1, 0.15) is 5.75 Å². The summed E-state index contributed by atoms with van der Waals surface area (Å²) in [5, 5.41) is 0.726. The summed E-state index contributed by atoms with van der Waals surface area (Å²) in [7, 11) is 0. The molecule has 0 aliphatic rings. The van der Waals surface area contributed by atoms with Gasteiger partial charge >= 0.3 is 0 Å². The van der Waals surface area contributed by atoms with Crippen molar-refractivity contribution in [2.45, 2.75) is 32.6 Å². The maximum Gasteiger partial charge on any atom is 0.196 e. The average molecular weight is 375 g/mol. The maximum absolute atomic E-state index is 6.12. The van der Waals surface area contributed by atoms with Gasteiger partial charge in [0.15, 0.2) is 5.96 Å². The van der Waals surface area contributed by atoms with Crippen LogP contribution in [-0.4, -0.2) is 35.5 Å². The summed E-state index contributed by atoms with van der Waals surface area (Å²) in [4.78, 5) is 10.5. The van der Waals surface area contributed by atoms with E-state index in [2.05, 4.69) is 21.8 Å².